The van der Waals surface area contributed by atoms with Crippen LogP contribution in [0.3, 0.4) is 0 Å². The van der Waals surface area contributed by atoms with Gasteiger partial charge in [0.2, 0.25) is 0 Å². The van der Waals surface area contributed by atoms with Crippen molar-refractivity contribution in [2.75, 3.05) is 38.1 Å². The molecule has 1 aliphatic heterocycles. The molecule has 1 fully saturated rings. The van der Waals surface area contributed by atoms with Crippen molar-refractivity contribution in [1.29, 1.82) is 0 Å². The highest BCUT2D eigenvalue weighted by Crippen LogP contribution is 2.22. The molecular formula is C15H20BrIN4S2. The predicted octanol–water partition coefficient (Wildman–Crippen LogP) is 4.09. The number of hydrogen-bond donors (Lipinski definition) is 1. The van der Waals surface area contributed by atoms with E-state index in [1.54, 1.807) is 11.3 Å². The number of nitrogens with zero attached hydrogens (tertiary/aromatic N) is 3. The minimum Gasteiger partial charge on any atom is -0.360 e. The molecule has 2 aromatic rings. The Labute approximate surface area is 170 Å². The SMILES string of the molecule is CN=C(NCc1cc(Br)cs1)N1CCN(c2cccs2)CC1.I. The molecule has 0 spiro atoms. The van der Waals surface area contributed by atoms with Gasteiger partial charge in [-0.3, -0.25) is 4.99 Å². The highest BCUT2D eigenvalue weighted by Gasteiger charge is 2.20. The Morgan fingerprint density at radius 1 is 1.30 bits per heavy atom. The van der Waals surface area contributed by atoms with Gasteiger partial charge < -0.3 is 15.1 Å². The van der Waals surface area contributed by atoms with E-state index < -0.39 is 0 Å². The van der Waals surface area contributed by atoms with Gasteiger partial charge in [0.05, 0.1) is 11.5 Å². The van der Waals surface area contributed by atoms with Crippen LogP contribution in [0.5, 0.6) is 0 Å². The standard InChI is InChI=1S/C15H19BrN4S2.HI/c1-17-15(18-10-13-9-12(16)11-22-13)20-6-4-19(5-7-20)14-3-2-8-21-14;/h2-3,8-9,11H,4-7,10H2,1H3,(H,17,18);1H. The van der Waals surface area contributed by atoms with Gasteiger partial charge >= 0.3 is 0 Å². The fourth-order valence-electron chi connectivity index (χ4n) is 2.53. The molecule has 0 bridgehead atoms. The van der Waals surface area contributed by atoms with Crippen LogP contribution in [0.1, 0.15) is 4.88 Å². The number of hydrogen-bond acceptors (Lipinski definition) is 4. The van der Waals surface area contributed by atoms with Crippen molar-refractivity contribution >= 4 is 73.5 Å². The van der Waals surface area contributed by atoms with E-state index in [9.17, 15) is 0 Å². The molecule has 0 radical (unpaired) electrons. The lowest BCUT2D eigenvalue weighted by molar-refractivity contribution is 0.373. The maximum atomic E-state index is 4.43. The average molecular weight is 527 g/mol. The lowest BCUT2D eigenvalue weighted by Crippen LogP contribution is -2.52. The predicted molar refractivity (Wildman–Crippen MR) is 116 cm³/mol. The third kappa shape index (κ3) is 5.07. The summed E-state index contributed by atoms with van der Waals surface area (Å²) in [4.78, 5) is 10.5. The highest BCUT2D eigenvalue weighted by atomic mass is 127. The van der Waals surface area contributed by atoms with E-state index >= 15 is 0 Å². The molecule has 8 heteroatoms. The Morgan fingerprint density at radius 3 is 2.65 bits per heavy atom. The van der Waals surface area contributed by atoms with Gasteiger partial charge in [-0.25, -0.2) is 0 Å². The van der Waals surface area contributed by atoms with E-state index in [2.05, 4.69) is 65.0 Å². The molecule has 0 atom stereocenters. The van der Waals surface area contributed by atoms with Gasteiger partial charge in [-0.15, -0.1) is 46.7 Å². The first-order valence-corrected chi connectivity index (χ1v) is 9.78. The van der Waals surface area contributed by atoms with E-state index in [-0.39, 0.29) is 24.0 Å². The van der Waals surface area contributed by atoms with Crippen molar-refractivity contribution in [3.05, 3.63) is 38.3 Å². The van der Waals surface area contributed by atoms with E-state index in [1.807, 2.05) is 18.4 Å². The van der Waals surface area contributed by atoms with Crippen LogP contribution in [0.15, 0.2) is 38.4 Å². The molecule has 0 unspecified atom stereocenters. The topological polar surface area (TPSA) is 30.9 Å². The Balaban J connectivity index is 0.00000192. The Kier molecular flexibility index (Phi) is 7.64. The van der Waals surface area contributed by atoms with Crippen molar-refractivity contribution in [3.8, 4) is 0 Å². The van der Waals surface area contributed by atoms with Gasteiger partial charge in [-0.1, -0.05) is 0 Å². The van der Waals surface area contributed by atoms with Gasteiger partial charge in [-0.05, 0) is 39.5 Å². The molecular weight excluding hydrogens is 507 g/mol. The molecule has 2 aromatic heterocycles. The van der Waals surface area contributed by atoms with E-state index in [1.165, 1.54) is 9.88 Å². The first kappa shape index (κ1) is 19.0. The molecule has 1 aliphatic rings. The van der Waals surface area contributed by atoms with Crippen molar-refractivity contribution in [1.82, 2.24) is 10.2 Å². The Bertz CT molecular complexity index is 621. The largest absolute Gasteiger partial charge is 0.360 e. The number of piperazine rings is 1. The second-order valence-electron chi connectivity index (χ2n) is 5.06. The number of nitrogens with one attached hydrogen (secondary N) is 1. The van der Waals surface area contributed by atoms with Crippen LogP contribution >= 0.6 is 62.6 Å². The molecule has 3 rings (SSSR count). The van der Waals surface area contributed by atoms with Crippen LogP contribution < -0.4 is 10.2 Å². The molecule has 3 heterocycles. The smallest absolute Gasteiger partial charge is 0.194 e. The van der Waals surface area contributed by atoms with Crippen LogP contribution in [-0.4, -0.2) is 44.1 Å². The summed E-state index contributed by atoms with van der Waals surface area (Å²) in [7, 11) is 1.86. The Morgan fingerprint density at radius 2 is 2.09 bits per heavy atom. The van der Waals surface area contributed by atoms with Crippen molar-refractivity contribution < 1.29 is 0 Å². The zero-order valence-corrected chi connectivity index (χ0v) is 18.4. The van der Waals surface area contributed by atoms with Crippen molar-refractivity contribution in [3.63, 3.8) is 0 Å². The second-order valence-corrected chi connectivity index (χ2v) is 7.89. The number of rotatable bonds is 3. The molecule has 0 amide bonds. The van der Waals surface area contributed by atoms with Gasteiger partial charge in [0.25, 0.3) is 0 Å². The van der Waals surface area contributed by atoms with Crippen LogP contribution in [0, 0.1) is 0 Å². The van der Waals surface area contributed by atoms with E-state index in [4.69, 9.17) is 0 Å². The monoisotopic (exact) mass is 526 g/mol. The summed E-state index contributed by atoms with van der Waals surface area (Å²) in [5.41, 5.74) is 0. The van der Waals surface area contributed by atoms with Crippen LogP contribution in [0.2, 0.25) is 0 Å². The molecule has 1 N–H and O–H groups in total. The number of anilines is 1. The van der Waals surface area contributed by atoms with E-state index in [0.29, 0.717) is 0 Å². The van der Waals surface area contributed by atoms with Crippen molar-refractivity contribution in [2.45, 2.75) is 6.54 Å². The summed E-state index contributed by atoms with van der Waals surface area (Å²) in [5.74, 6) is 0.996. The maximum absolute atomic E-state index is 4.43. The lowest BCUT2D eigenvalue weighted by Gasteiger charge is -2.37. The normalized spacial score (nSPS) is 15.5. The third-order valence-corrected chi connectivity index (χ3v) is 6.28. The van der Waals surface area contributed by atoms with Gasteiger partial charge in [0.15, 0.2) is 5.96 Å². The lowest BCUT2D eigenvalue weighted by atomic mass is 10.3. The number of guanidine groups is 1. The second kappa shape index (κ2) is 9.24. The zero-order chi connectivity index (χ0) is 15.4. The number of halogens is 2. The zero-order valence-electron chi connectivity index (χ0n) is 12.9. The summed E-state index contributed by atoms with van der Waals surface area (Å²) in [5, 5.41) is 9.09. The molecule has 0 aromatic carbocycles. The summed E-state index contributed by atoms with van der Waals surface area (Å²) in [6.07, 6.45) is 0. The third-order valence-electron chi connectivity index (χ3n) is 3.65. The molecule has 4 nitrogen and oxygen atoms in total. The molecule has 0 aliphatic carbocycles. The van der Waals surface area contributed by atoms with Crippen LogP contribution in [-0.2, 0) is 6.54 Å². The first-order valence-electron chi connectivity index (χ1n) is 7.23. The Hall–Kier alpha value is -0.320. The van der Waals surface area contributed by atoms with E-state index in [0.717, 1.165) is 43.2 Å². The fraction of sp³-hybridized carbons (Fsp3) is 0.400. The molecule has 23 heavy (non-hydrogen) atoms. The quantitative estimate of drug-likeness (QED) is 0.371. The number of aliphatic imine (C=N–C) groups is 1. The molecule has 1 saturated heterocycles. The van der Waals surface area contributed by atoms with Gasteiger partial charge in [0, 0.05) is 48.0 Å². The summed E-state index contributed by atoms with van der Waals surface area (Å²) in [6, 6.07) is 6.47. The minimum absolute atomic E-state index is 0. The van der Waals surface area contributed by atoms with Crippen LogP contribution in [0.4, 0.5) is 5.00 Å². The van der Waals surface area contributed by atoms with Crippen LogP contribution in [0.25, 0.3) is 0 Å². The summed E-state index contributed by atoms with van der Waals surface area (Å²) in [6.45, 7) is 4.93. The first-order chi connectivity index (χ1) is 10.8. The van der Waals surface area contributed by atoms with Crippen molar-refractivity contribution in [2.24, 2.45) is 4.99 Å². The summed E-state index contributed by atoms with van der Waals surface area (Å²) >= 11 is 7.07. The number of thiophene rings is 2. The minimum atomic E-state index is 0. The maximum Gasteiger partial charge on any atom is 0.194 e. The average Bonchev–Trinajstić information content (AvgIpc) is 3.20. The highest BCUT2D eigenvalue weighted by molar-refractivity contribution is 14.0. The summed E-state index contributed by atoms with van der Waals surface area (Å²) < 4.78 is 1.15. The fourth-order valence-corrected chi connectivity index (χ4v) is 4.71. The molecule has 0 saturated carbocycles. The van der Waals surface area contributed by atoms with Gasteiger partial charge in [-0.2, -0.15) is 0 Å². The van der Waals surface area contributed by atoms with Gasteiger partial charge in [0.1, 0.15) is 0 Å². The molecule has 126 valence electrons.